The third kappa shape index (κ3) is 2.71. The van der Waals surface area contributed by atoms with E-state index in [0.717, 1.165) is 66.9 Å². The summed E-state index contributed by atoms with van der Waals surface area (Å²) in [5.74, 6) is 0.822. The van der Waals surface area contributed by atoms with Crippen molar-refractivity contribution in [3.05, 3.63) is 35.4 Å². The number of nitrogens with one attached hydrogen (secondary N) is 1. The first-order chi connectivity index (χ1) is 10.9. The van der Waals surface area contributed by atoms with Crippen LogP contribution >= 0.6 is 11.3 Å². The zero-order valence-corrected chi connectivity index (χ0v) is 13.1. The number of aromatic nitrogens is 2. The molecule has 2 aliphatic rings. The van der Waals surface area contributed by atoms with Crippen LogP contribution in [0.25, 0.3) is 17.0 Å². The van der Waals surface area contributed by atoms with Crippen molar-refractivity contribution in [2.24, 2.45) is 0 Å². The molecular weight excluding hydrogens is 296 g/mol. The Hall–Kier alpha value is -1.92. The van der Waals surface area contributed by atoms with Gasteiger partial charge < -0.3 is 14.7 Å². The molecular formula is C16H18N4OS. The van der Waals surface area contributed by atoms with Crippen molar-refractivity contribution in [3.8, 4) is 11.4 Å². The Kier molecular flexibility index (Phi) is 3.78. The molecule has 1 aliphatic heterocycles. The minimum atomic E-state index is 0.813. The van der Waals surface area contributed by atoms with Crippen molar-refractivity contribution in [2.45, 2.75) is 12.8 Å². The number of thiazole rings is 1. The second-order valence-corrected chi connectivity index (χ2v) is 6.30. The maximum Gasteiger partial charge on any atom is 0.186 e. The van der Waals surface area contributed by atoms with Gasteiger partial charge in [0.1, 0.15) is 11.4 Å². The predicted octanol–water partition coefficient (Wildman–Crippen LogP) is 2.94. The van der Waals surface area contributed by atoms with Gasteiger partial charge in [0.15, 0.2) is 10.9 Å². The number of anilines is 1. The number of allylic oxidation sites excluding steroid dienone is 4. The summed E-state index contributed by atoms with van der Waals surface area (Å²) in [4.78, 5) is 7.04. The van der Waals surface area contributed by atoms with E-state index in [-0.39, 0.29) is 0 Å². The first-order valence-corrected chi connectivity index (χ1v) is 8.53. The van der Waals surface area contributed by atoms with E-state index in [0.29, 0.717) is 0 Å². The molecule has 22 heavy (non-hydrogen) atoms. The van der Waals surface area contributed by atoms with Gasteiger partial charge >= 0.3 is 0 Å². The van der Waals surface area contributed by atoms with Gasteiger partial charge in [0.05, 0.1) is 0 Å². The van der Waals surface area contributed by atoms with E-state index in [2.05, 4.69) is 39.0 Å². The number of hydrogen-bond acceptors (Lipinski definition) is 6. The van der Waals surface area contributed by atoms with Gasteiger partial charge in [0, 0.05) is 43.2 Å². The molecule has 114 valence electrons. The van der Waals surface area contributed by atoms with Crippen LogP contribution in [0, 0.1) is 0 Å². The van der Waals surface area contributed by atoms with Crippen molar-refractivity contribution < 1.29 is 4.52 Å². The molecule has 0 unspecified atom stereocenters. The van der Waals surface area contributed by atoms with Crippen LogP contribution in [0.4, 0.5) is 5.13 Å². The summed E-state index contributed by atoms with van der Waals surface area (Å²) in [6.07, 6.45) is 8.62. The standard InChI is InChI=1S/C16H18N4OS/c1-2-4-12(5-3-1)15-10-13(19-21-15)14-11-22-16(18-14)20-8-6-17-7-9-20/h2,4-5,10-11,17H,1,3,6-9H2. The van der Waals surface area contributed by atoms with Gasteiger partial charge in [-0.15, -0.1) is 11.3 Å². The first-order valence-electron chi connectivity index (χ1n) is 7.65. The van der Waals surface area contributed by atoms with Crippen molar-refractivity contribution >= 4 is 22.0 Å². The van der Waals surface area contributed by atoms with E-state index in [4.69, 9.17) is 9.51 Å². The highest BCUT2D eigenvalue weighted by molar-refractivity contribution is 7.14. The molecule has 1 aliphatic carbocycles. The Morgan fingerprint density at radius 2 is 2.09 bits per heavy atom. The van der Waals surface area contributed by atoms with Crippen LogP contribution in [0.3, 0.4) is 0 Å². The molecule has 0 amide bonds. The van der Waals surface area contributed by atoms with Crippen LogP contribution in [-0.2, 0) is 0 Å². The van der Waals surface area contributed by atoms with E-state index in [1.54, 1.807) is 11.3 Å². The number of hydrogen-bond donors (Lipinski definition) is 1. The van der Waals surface area contributed by atoms with E-state index >= 15 is 0 Å². The molecule has 2 aromatic heterocycles. The van der Waals surface area contributed by atoms with Gasteiger partial charge in [0.2, 0.25) is 0 Å². The molecule has 1 saturated heterocycles. The van der Waals surface area contributed by atoms with Crippen molar-refractivity contribution in [1.29, 1.82) is 0 Å². The molecule has 4 rings (SSSR count). The minimum Gasteiger partial charge on any atom is -0.356 e. The maximum atomic E-state index is 5.48. The van der Waals surface area contributed by atoms with Gasteiger partial charge in [-0.05, 0) is 12.8 Å². The quantitative estimate of drug-likeness (QED) is 0.944. The van der Waals surface area contributed by atoms with Crippen LogP contribution in [-0.4, -0.2) is 36.3 Å². The predicted molar refractivity (Wildman–Crippen MR) is 89.0 cm³/mol. The Bertz CT molecular complexity index is 709. The SMILES string of the molecule is C1=CC(c2cc(-c3csc(N4CCNCC4)n3)no2)=CCC1. The summed E-state index contributed by atoms with van der Waals surface area (Å²) in [6, 6.07) is 1.98. The van der Waals surface area contributed by atoms with E-state index in [1.807, 2.05) is 6.07 Å². The smallest absolute Gasteiger partial charge is 0.186 e. The molecule has 2 aromatic rings. The van der Waals surface area contributed by atoms with Gasteiger partial charge in [-0.2, -0.15) is 0 Å². The van der Waals surface area contributed by atoms with E-state index in [9.17, 15) is 0 Å². The average Bonchev–Trinajstić information content (AvgIpc) is 3.26. The fourth-order valence-corrected chi connectivity index (χ4v) is 3.58. The van der Waals surface area contributed by atoms with Crippen LogP contribution < -0.4 is 10.2 Å². The third-order valence-electron chi connectivity index (χ3n) is 3.93. The van der Waals surface area contributed by atoms with Crippen molar-refractivity contribution in [2.75, 3.05) is 31.1 Å². The van der Waals surface area contributed by atoms with E-state index in [1.165, 1.54) is 0 Å². The number of piperazine rings is 1. The summed E-state index contributed by atoms with van der Waals surface area (Å²) in [5.41, 5.74) is 2.82. The monoisotopic (exact) mass is 314 g/mol. The lowest BCUT2D eigenvalue weighted by Gasteiger charge is -2.26. The van der Waals surface area contributed by atoms with E-state index < -0.39 is 0 Å². The summed E-state index contributed by atoms with van der Waals surface area (Å²) in [6.45, 7) is 4.05. The summed E-state index contributed by atoms with van der Waals surface area (Å²) < 4.78 is 5.48. The zero-order chi connectivity index (χ0) is 14.8. The van der Waals surface area contributed by atoms with Gasteiger partial charge in [-0.25, -0.2) is 4.98 Å². The highest BCUT2D eigenvalue weighted by Crippen LogP contribution is 2.30. The van der Waals surface area contributed by atoms with Crippen molar-refractivity contribution in [1.82, 2.24) is 15.5 Å². The molecule has 5 nitrogen and oxygen atoms in total. The lowest BCUT2D eigenvalue weighted by Crippen LogP contribution is -2.43. The van der Waals surface area contributed by atoms with Gasteiger partial charge in [0.25, 0.3) is 0 Å². The average molecular weight is 314 g/mol. The number of nitrogens with zero attached hydrogens (tertiary/aromatic N) is 3. The summed E-state index contributed by atoms with van der Waals surface area (Å²) in [5, 5.41) is 10.7. The highest BCUT2D eigenvalue weighted by atomic mass is 32.1. The summed E-state index contributed by atoms with van der Waals surface area (Å²) >= 11 is 1.67. The molecule has 0 radical (unpaired) electrons. The van der Waals surface area contributed by atoms with Crippen LogP contribution in [0.2, 0.25) is 0 Å². The maximum absolute atomic E-state index is 5.48. The molecule has 0 saturated carbocycles. The Morgan fingerprint density at radius 3 is 2.91 bits per heavy atom. The Balaban J connectivity index is 1.55. The molecule has 1 fully saturated rings. The fraction of sp³-hybridized carbons (Fsp3) is 0.375. The van der Waals surface area contributed by atoms with Gasteiger partial charge in [-0.1, -0.05) is 23.4 Å². The molecule has 3 heterocycles. The molecule has 0 spiro atoms. The number of rotatable bonds is 3. The van der Waals surface area contributed by atoms with Crippen molar-refractivity contribution in [3.63, 3.8) is 0 Å². The Labute approximate surface area is 133 Å². The minimum absolute atomic E-state index is 0.813. The molecule has 0 atom stereocenters. The first kappa shape index (κ1) is 13.7. The zero-order valence-electron chi connectivity index (χ0n) is 12.3. The lowest BCUT2D eigenvalue weighted by atomic mass is 10.0. The normalized spacial score (nSPS) is 18.5. The molecule has 0 aromatic carbocycles. The molecule has 6 heteroatoms. The van der Waals surface area contributed by atoms with Crippen LogP contribution in [0.15, 0.2) is 34.2 Å². The fourth-order valence-electron chi connectivity index (χ4n) is 2.71. The molecule has 1 N–H and O–H groups in total. The Morgan fingerprint density at radius 1 is 1.18 bits per heavy atom. The van der Waals surface area contributed by atoms with Crippen LogP contribution in [0.1, 0.15) is 18.6 Å². The van der Waals surface area contributed by atoms with Gasteiger partial charge in [-0.3, -0.25) is 0 Å². The second-order valence-electron chi connectivity index (χ2n) is 5.47. The highest BCUT2D eigenvalue weighted by Gasteiger charge is 2.17. The topological polar surface area (TPSA) is 54.2 Å². The summed E-state index contributed by atoms with van der Waals surface area (Å²) in [7, 11) is 0. The second kappa shape index (κ2) is 6.06. The van der Waals surface area contributed by atoms with Crippen LogP contribution in [0.5, 0.6) is 0 Å². The lowest BCUT2D eigenvalue weighted by molar-refractivity contribution is 0.413. The third-order valence-corrected chi connectivity index (χ3v) is 4.83. The largest absolute Gasteiger partial charge is 0.356 e. The molecule has 0 bridgehead atoms.